The monoisotopic (exact) mass is 241 g/mol. The van der Waals surface area contributed by atoms with Crippen molar-refractivity contribution in [3.05, 3.63) is 18.1 Å². The number of carboxylic acid groups (broad SMARTS) is 1. The Bertz CT molecular complexity index is 428. The van der Waals surface area contributed by atoms with E-state index in [2.05, 4.69) is 9.97 Å². The van der Waals surface area contributed by atoms with Gasteiger partial charge in [0.2, 0.25) is 0 Å². The summed E-state index contributed by atoms with van der Waals surface area (Å²) in [6.45, 7) is 1.12. The number of rotatable bonds is 2. The third-order valence-corrected chi connectivity index (χ3v) is 3.63. The SMILES string of the molecule is O=C(O)c1nccnc1N1CCS(=O)CC1. The second-order valence-corrected chi connectivity index (χ2v) is 5.06. The summed E-state index contributed by atoms with van der Waals surface area (Å²) in [5.74, 6) is 0.382. The maximum atomic E-state index is 11.2. The number of hydrogen-bond donors (Lipinski definition) is 1. The van der Waals surface area contributed by atoms with Crippen LogP contribution < -0.4 is 4.90 Å². The average molecular weight is 241 g/mol. The van der Waals surface area contributed by atoms with Crippen molar-refractivity contribution in [3.63, 3.8) is 0 Å². The van der Waals surface area contributed by atoms with E-state index in [4.69, 9.17) is 5.11 Å². The predicted octanol–water partition coefficient (Wildman–Crippen LogP) is -0.256. The molecule has 1 aliphatic heterocycles. The van der Waals surface area contributed by atoms with Crippen molar-refractivity contribution < 1.29 is 14.1 Å². The second-order valence-electron chi connectivity index (χ2n) is 3.37. The van der Waals surface area contributed by atoms with Crippen LogP contribution in [-0.2, 0) is 10.8 Å². The summed E-state index contributed by atoms with van der Waals surface area (Å²) >= 11 is 0. The second kappa shape index (κ2) is 4.56. The van der Waals surface area contributed by atoms with E-state index in [0.29, 0.717) is 30.4 Å². The minimum absolute atomic E-state index is 0.0461. The predicted molar refractivity (Wildman–Crippen MR) is 59.1 cm³/mol. The van der Waals surface area contributed by atoms with Crippen LogP contribution in [0.1, 0.15) is 10.5 Å². The lowest BCUT2D eigenvalue weighted by Gasteiger charge is -2.27. The van der Waals surface area contributed by atoms with Crippen molar-refractivity contribution in [1.29, 1.82) is 0 Å². The topological polar surface area (TPSA) is 83.4 Å². The molecular weight excluding hydrogens is 230 g/mol. The number of carbonyl (C=O) groups is 1. The maximum Gasteiger partial charge on any atom is 0.358 e. The van der Waals surface area contributed by atoms with Crippen LogP contribution in [0.15, 0.2) is 12.4 Å². The minimum atomic E-state index is -1.09. The van der Waals surface area contributed by atoms with E-state index >= 15 is 0 Å². The molecule has 1 saturated heterocycles. The Morgan fingerprint density at radius 2 is 1.94 bits per heavy atom. The van der Waals surface area contributed by atoms with Crippen LogP contribution in [0.3, 0.4) is 0 Å². The molecule has 2 heterocycles. The highest BCUT2D eigenvalue weighted by atomic mass is 32.2. The smallest absolute Gasteiger partial charge is 0.358 e. The zero-order chi connectivity index (χ0) is 11.5. The third-order valence-electron chi connectivity index (χ3n) is 2.36. The molecule has 2 rings (SSSR count). The van der Waals surface area contributed by atoms with Gasteiger partial charge in [-0.2, -0.15) is 0 Å². The Kier molecular flexibility index (Phi) is 3.14. The summed E-state index contributed by atoms with van der Waals surface area (Å²) in [4.78, 5) is 20.6. The highest BCUT2D eigenvalue weighted by molar-refractivity contribution is 7.85. The van der Waals surface area contributed by atoms with Crippen molar-refractivity contribution in [1.82, 2.24) is 9.97 Å². The molecule has 1 aliphatic rings. The standard InChI is InChI=1S/C9H11N3O3S/c13-9(14)7-8(11-2-1-10-7)12-3-5-16(15)6-4-12/h1-2H,3-6H2,(H,13,14). The molecule has 1 N–H and O–H groups in total. The number of carboxylic acids is 1. The quantitative estimate of drug-likeness (QED) is 0.768. The largest absolute Gasteiger partial charge is 0.476 e. The van der Waals surface area contributed by atoms with E-state index in [9.17, 15) is 9.00 Å². The van der Waals surface area contributed by atoms with Crippen LogP contribution in [0, 0.1) is 0 Å². The van der Waals surface area contributed by atoms with Crippen molar-refractivity contribution in [2.24, 2.45) is 0 Å². The molecule has 1 fully saturated rings. The number of hydrogen-bond acceptors (Lipinski definition) is 5. The van der Waals surface area contributed by atoms with E-state index in [0.717, 1.165) is 0 Å². The lowest BCUT2D eigenvalue weighted by Crippen LogP contribution is -2.39. The molecule has 0 aromatic carbocycles. The van der Waals surface area contributed by atoms with E-state index in [1.54, 1.807) is 0 Å². The first-order chi connectivity index (χ1) is 7.68. The Morgan fingerprint density at radius 3 is 2.56 bits per heavy atom. The first kappa shape index (κ1) is 11.0. The van der Waals surface area contributed by atoms with E-state index < -0.39 is 16.8 Å². The van der Waals surface area contributed by atoms with Crippen molar-refractivity contribution in [3.8, 4) is 0 Å². The van der Waals surface area contributed by atoms with Crippen molar-refractivity contribution in [2.45, 2.75) is 0 Å². The number of aromatic nitrogens is 2. The van der Waals surface area contributed by atoms with Gasteiger partial charge in [-0.25, -0.2) is 14.8 Å². The van der Waals surface area contributed by atoms with Gasteiger partial charge < -0.3 is 10.0 Å². The van der Waals surface area contributed by atoms with Gasteiger partial charge in [0, 0.05) is 47.8 Å². The van der Waals surface area contributed by atoms with Crippen LogP contribution in [0.4, 0.5) is 5.82 Å². The molecular formula is C9H11N3O3S. The molecule has 0 atom stereocenters. The zero-order valence-electron chi connectivity index (χ0n) is 8.50. The third kappa shape index (κ3) is 2.19. The molecule has 0 saturated carbocycles. The summed E-state index contributed by atoms with van der Waals surface area (Å²) in [5, 5.41) is 8.96. The summed E-state index contributed by atoms with van der Waals surface area (Å²) in [7, 11) is -0.789. The number of nitrogens with zero attached hydrogens (tertiary/aromatic N) is 3. The molecule has 16 heavy (non-hydrogen) atoms. The highest BCUT2D eigenvalue weighted by Gasteiger charge is 2.22. The van der Waals surface area contributed by atoms with Crippen molar-refractivity contribution >= 4 is 22.6 Å². The minimum Gasteiger partial charge on any atom is -0.476 e. The van der Waals surface area contributed by atoms with Crippen LogP contribution in [-0.4, -0.2) is 49.8 Å². The first-order valence-electron chi connectivity index (χ1n) is 4.82. The van der Waals surface area contributed by atoms with Gasteiger partial charge >= 0.3 is 5.97 Å². The Balaban J connectivity index is 2.26. The van der Waals surface area contributed by atoms with Gasteiger partial charge in [-0.1, -0.05) is 0 Å². The van der Waals surface area contributed by atoms with E-state index in [-0.39, 0.29) is 5.69 Å². The van der Waals surface area contributed by atoms with Crippen LogP contribution in [0.25, 0.3) is 0 Å². The lowest BCUT2D eigenvalue weighted by molar-refractivity contribution is 0.0690. The molecule has 1 aromatic rings. The van der Waals surface area contributed by atoms with Crippen LogP contribution in [0.5, 0.6) is 0 Å². The van der Waals surface area contributed by atoms with Crippen molar-refractivity contribution in [2.75, 3.05) is 29.5 Å². The van der Waals surface area contributed by atoms with Crippen LogP contribution >= 0.6 is 0 Å². The fourth-order valence-corrected chi connectivity index (χ4v) is 2.61. The summed E-state index contributed by atoms with van der Waals surface area (Å²) in [5.41, 5.74) is -0.0461. The molecule has 0 amide bonds. The van der Waals surface area contributed by atoms with Gasteiger partial charge in [-0.15, -0.1) is 0 Å². The van der Waals surface area contributed by atoms with E-state index in [1.807, 2.05) is 4.90 Å². The summed E-state index contributed by atoms with van der Waals surface area (Å²) in [6.07, 6.45) is 2.82. The number of anilines is 1. The molecule has 0 spiro atoms. The fourth-order valence-electron chi connectivity index (χ4n) is 1.56. The Morgan fingerprint density at radius 1 is 1.31 bits per heavy atom. The molecule has 7 heteroatoms. The first-order valence-corrected chi connectivity index (χ1v) is 6.31. The van der Waals surface area contributed by atoms with Gasteiger partial charge in [-0.3, -0.25) is 4.21 Å². The maximum absolute atomic E-state index is 11.2. The van der Waals surface area contributed by atoms with Gasteiger partial charge in [0.05, 0.1) is 0 Å². The van der Waals surface area contributed by atoms with E-state index in [1.165, 1.54) is 12.4 Å². The van der Waals surface area contributed by atoms with Gasteiger partial charge in [0.25, 0.3) is 0 Å². The Hall–Kier alpha value is -1.50. The molecule has 1 aromatic heterocycles. The van der Waals surface area contributed by atoms with Gasteiger partial charge in [-0.05, 0) is 0 Å². The highest BCUT2D eigenvalue weighted by Crippen LogP contribution is 2.16. The number of aromatic carboxylic acids is 1. The summed E-state index contributed by atoms with van der Waals surface area (Å²) in [6, 6.07) is 0. The molecule has 0 bridgehead atoms. The normalized spacial score (nSPS) is 17.4. The molecule has 0 aliphatic carbocycles. The fraction of sp³-hybridized carbons (Fsp3) is 0.444. The lowest BCUT2D eigenvalue weighted by atomic mass is 10.3. The summed E-state index contributed by atoms with van der Waals surface area (Å²) < 4.78 is 11.2. The molecule has 86 valence electrons. The van der Waals surface area contributed by atoms with Gasteiger partial charge in [0.15, 0.2) is 11.5 Å². The van der Waals surface area contributed by atoms with Crippen LogP contribution in [0.2, 0.25) is 0 Å². The molecule has 6 nitrogen and oxygen atoms in total. The zero-order valence-corrected chi connectivity index (χ0v) is 9.31. The molecule has 0 unspecified atom stereocenters. The molecule has 0 radical (unpaired) electrons. The average Bonchev–Trinajstić information content (AvgIpc) is 2.30. The van der Waals surface area contributed by atoms with Gasteiger partial charge in [0.1, 0.15) is 0 Å². The Labute approximate surface area is 94.8 Å².